The molecule has 0 saturated heterocycles. The molecule has 152 valence electrons. The first-order valence-electron chi connectivity index (χ1n) is 9.44. The maximum atomic E-state index is 13.5. The summed E-state index contributed by atoms with van der Waals surface area (Å²) in [4.78, 5) is 31.2. The van der Waals surface area contributed by atoms with Gasteiger partial charge in [-0.1, -0.05) is 18.2 Å². The number of hydrogen-bond acceptors (Lipinski definition) is 4. The minimum Gasteiger partial charge on any atom is -0.321 e. The zero-order valence-corrected chi connectivity index (χ0v) is 17.6. The molecule has 0 unspecified atom stereocenters. The number of rotatable bonds is 4. The van der Waals surface area contributed by atoms with Gasteiger partial charge in [-0.3, -0.25) is 14.2 Å². The molecular weight excluding hydrogens is 401 g/mol. The summed E-state index contributed by atoms with van der Waals surface area (Å²) in [6.07, 6.45) is 1.44. The van der Waals surface area contributed by atoms with Crippen molar-refractivity contribution >= 4 is 33.1 Å². The Kier molecular flexibility index (Phi) is 5.22. The number of aryl methyl sites for hydroxylation is 3. The summed E-state index contributed by atoms with van der Waals surface area (Å²) < 4.78 is 14.9. The first-order valence-corrected chi connectivity index (χ1v) is 10.3. The van der Waals surface area contributed by atoms with E-state index in [1.54, 1.807) is 19.1 Å². The molecule has 0 saturated carbocycles. The summed E-state index contributed by atoms with van der Waals surface area (Å²) in [7, 11) is 0. The van der Waals surface area contributed by atoms with E-state index in [-0.39, 0.29) is 23.8 Å². The Hall–Kier alpha value is -3.32. The molecule has 4 rings (SSSR count). The minimum absolute atomic E-state index is 0.207. The van der Waals surface area contributed by atoms with E-state index >= 15 is 0 Å². The third-order valence-electron chi connectivity index (χ3n) is 4.85. The van der Waals surface area contributed by atoms with Gasteiger partial charge in [0.2, 0.25) is 0 Å². The van der Waals surface area contributed by atoms with Gasteiger partial charge in [0, 0.05) is 5.69 Å². The molecule has 0 aliphatic carbocycles. The molecule has 0 atom stereocenters. The van der Waals surface area contributed by atoms with E-state index in [1.807, 2.05) is 32.0 Å². The lowest BCUT2D eigenvalue weighted by Gasteiger charge is -2.07. The first-order chi connectivity index (χ1) is 14.3. The highest BCUT2D eigenvalue weighted by molar-refractivity contribution is 7.20. The maximum Gasteiger partial charge on any atom is 0.266 e. The molecule has 0 aliphatic rings. The second-order valence-corrected chi connectivity index (χ2v) is 8.37. The molecule has 4 aromatic rings. The van der Waals surface area contributed by atoms with Gasteiger partial charge in [-0.15, -0.1) is 11.3 Å². The smallest absolute Gasteiger partial charge is 0.266 e. The van der Waals surface area contributed by atoms with Gasteiger partial charge in [0.25, 0.3) is 11.5 Å². The fourth-order valence-corrected chi connectivity index (χ4v) is 4.59. The van der Waals surface area contributed by atoms with Crippen molar-refractivity contribution in [1.82, 2.24) is 9.55 Å². The molecule has 7 heteroatoms. The fraction of sp³-hybridized carbons (Fsp3) is 0.174. The molecule has 1 N–H and O–H groups in total. The zero-order chi connectivity index (χ0) is 21.4. The molecule has 0 bridgehead atoms. The van der Waals surface area contributed by atoms with E-state index in [4.69, 9.17) is 0 Å². The van der Waals surface area contributed by atoms with Crippen molar-refractivity contribution in [1.29, 1.82) is 0 Å². The SMILES string of the molecule is Cc1cc(C)cc(NC(=O)c2sc3ncn(Cc4cccc(F)c4)c(=O)c3c2C)c1. The standard InChI is InChI=1S/C23H20FN3O2S/c1-13-7-14(2)9-18(8-13)26-21(28)20-15(3)19-22(30-20)25-12-27(23(19)29)11-16-5-4-6-17(24)10-16/h4-10,12H,11H2,1-3H3,(H,26,28). The van der Waals surface area contributed by atoms with E-state index < -0.39 is 0 Å². The van der Waals surface area contributed by atoms with Gasteiger partial charge >= 0.3 is 0 Å². The average Bonchev–Trinajstić information content (AvgIpc) is 3.01. The van der Waals surface area contributed by atoms with E-state index in [2.05, 4.69) is 10.3 Å². The minimum atomic E-state index is -0.355. The summed E-state index contributed by atoms with van der Waals surface area (Å²) in [5.41, 5.74) is 3.84. The maximum absolute atomic E-state index is 13.5. The van der Waals surface area contributed by atoms with Gasteiger partial charge in [0.15, 0.2) is 0 Å². The van der Waals surface area contributed by atoms with Crippen molar-refractivity contribution in [3.63, 3.8) is 0 Å². The number of hydrogen-bond donors (Lipinski definition) is 1. The first kappa shape index (κ1) is 20.0. The summed E-state index contributed by atoms with van der Waals surface area (Å²) in [6, 6.07) is 11.9. The number of nitrogens with one attached hydrogen (secondary N) is 1. The predicted molar refractivity (Wildman–Crippen MR) is 118 cm³/mol. The highest BCUT2D eigenvalue weighted by Gasteiger charge is 2.20. The number of fused-ring (bicyclic) bond motifs is 1. The number of halogens is 1. The van der Waals surface area contributed by atoms with Crippen LogP contribution >= 0.6 is 11.3 Å². The fourth-order valence-electron chi connectivity index (χ4n) is 3.56. The van der Waals surface area contributed by atoms with Gasteiger partial charge < -0.3 is 5.32 Å². The summed E-state index contributed by atoms with van der Waals surface area (Å²) in [5.74, 6) is -0.622. The zero-order valence-electron chi connectivity index (χ0n) is 16.8. The second kappa shape index (κ2) is 7.84. The Balaban J connectivity index is 1.69. The Labute approximate surface area is 176 Å². The lowest BCUT2D eigenvalue weighted by molar-refractivity contribution is 0.103. The number of benzene rings is 2. The number of nitrogens with zero attached hydrogens (tertiary/aromatic N) is 2. The van der Waals surface area contributed by atoms with Crippen LogP contribution in [0.1, 0.15) is 31.9 Å². The monoisotopic (exact) mass is 421 g/mol. The van der Waals surface area contributed by atoms with Gasteiger partial charge in [-0.2, -0.15) is 0 Å². The van der Waals surface area contributed by atoms with Gasteiger partial charge in [0.05, 0.1) is 23.1 Å². The Bertz CT molecular complexity index is 1320. The van der Waals surface area contributed by atoms with Crippen LogP contribution < -0.4 is 10.9 Å². The van der Waals surface area contributed by atoms with Crippen molar-refractivity contribution < 1.29 is 9.18 Å². The highest BCUT2D eigenvalue weighted by atomic mass is 32.1. The molecule has 5 nitrogen and oxygen atoms in total. The largest absolute Gasteiger partial charge is 0.321 e. The van der Waals surface area contributed by atoms with Crippen LogP contribution in [0.2, 0.25) is 0 Å². The number of thiophene rings is 1. The molecule has 0 radical (unpaired) electrons. The van der Waals surface area contributed by atoms with Crippen LogP contribution in [0.15, 0.2) is 53.6 Å². The van der Waals surface area contributed by atoms with E-state index in [0.29, 0.717) is 31.9 Å². The van der Waals surface area contributed by atoms with E-state index in [1.165, 1.54) is 34.4 Å². The molecule has 2 heterocycles. The predicted octanol–water partition coefficient (Wildman–Crippen LogP) is 4.82. The van der Waals surface area contributed by atoms with E-state index in [9.17, 15) is 14.0 Å². The van der Waals surface area contributed by atoms with E-state index in [0.717, 1.165) is 11.1 Å². The van der Waals surface area contributed by atoms with Crippen molar-refractivity contribution in [2.24, 2.45) is 0 Å². The van der Waals surface area contributed by atoms with Crippen LogP contribution in [0.3, 0.4) is 0 Å². The van der Waals surface area contributed by atoms with Crippen molar-refractivity contribution in [3.8, 4) is 0 Å². The molecule has 2 aromatic heterocycles. The normalized spacial score (nSPS) is 11.1. The number of aromatic nitrogens is 2. The topological polar surface area (TPSA) is 64.0 Å². The average molecular weight is 421 g/mol. The Morgan fingerprint density at radius 2 is 1.87 bits per heavy atom. The lowest BCUT2D eigenvalue weighted by atomic mass is 10.1. The molecule has 0 fully saturated rings. The summed E-state index contributed by atoms with van der Waals surface area (Å²) in [6.45, 7) is 5.90. The lowest BCUT2D eigenvalue weighted by Crippen LogP contribution is -2.21. The van der Waals surface area contributed by atoms with Crippen molar-refractivity contribution in [3.05, 3.63) is 92.1 Å². The van der Waals surface area contributed by atoms with Crippen LogP contribution in [-0.4, -0.2) is 15.5 Å². The molecule has 0 spiro atoms. The van der Waals surface area contributed by atoms with Gasteiger partial charge in [0.1, 0.15) is 10.6 Å². The van der Waals surface area contributed by atoms with Gasteiger partial charge in [-0.25, -0.2) is 9.37 Å². The van der Waals surface area contributed by atoms with Crippen LogP contribution in [0, 0.1) is 26.6 Å². The molecule has 1 amide bonds. The van der Waals surface area contributed by atoms with Crippen LogP contribution in [0.5, 0.6) is 0 Å². The van der Waals surface area contributed by atoms with Crippen LogP contribution in [0.4, 0.5) is 10.1 Å². The molecule has 30 heavy (non-hydrogen) atoms. The highest BCUT2D eigenvalue weighted by Crippen LogP contribution is 2.28. The van der Waals surface area contributed by atoms with Crippen LogP contribution in [0.25, 0.3) is 10.2 Å². The number of carbonyl (C=O) groups is 1. The summed E-state index contributed by atoms with van der Waals surface area (Å²) >= 11 is 1.19. The Morgan fingerprint density at radius 1 is 1.13 bits per heavy atom. The van der Waals surface area contributed by atoms with Gasteiger partial charge in [-0.05, 0) is 67.3 Å². The third kappa shape index (κ3) is 3.89. The molecule has 0 aliphatic heterocycles. The quantitative estimate of drug-likeness (QED) is 0.514. The van der Waals surface area contributed by atoms with Crippen molar-refractivity contribution in [2.45, 2.75) is 27.3 Å². The van der Waals surface area contributed by atoms with Crippen LogP contribution in [-0.2, 0) is 6.54 Å². The number of amides is 1. The number of carbonyl (C=O) groups excluding carboxylic acids is 1. The Morgan fingerprint density at radius 3 is 2.57 bits per heavy atom. The molecule has 2 aromatic carbocycles. The number of anilines is 1. The molecular formula is C23H20FN3O2S. The second-order valence-electron chi connectivity index (χ2n) is 7.37. The van der Waals surface area contributed by atoms with Crippen molar-refractivity contribution in [2.75, 3.05) is 5.32 Å². The summed E-state index contributed by atoms with van der Waals surface area (Å²) in [5, 5.41) is 3.34. The third-order valence-corrected chi connectivity index (χ3v) is 6.04.